The summed E-state index contributed by atoms with van der Waals surface area (Å²) in [5.74, 6) is -0.484. The minimum absolute atomic E-state index is 0.00106. The third-order valence-corrected chi connectivity index (χ3v) is 9.28. The Morgan fingerprint density at radius 1 is 0.450 bits per heavy atom. The largest absolute Gasteiger partial charge is 0.872 e. The third kappa shape index (κ3) is 8.45. The van der Waals surface area contributed by atoms with Crippen molar-refractivity contribution in [1.82, 2.24) is 0 Å². The van der Waals surface area contributed by atoms with Crippen LogP contribution < -0.4 is 20.8 Å². The number of sulfone groups is 2. The van der Waals surface area contributed by atoms with Gasteiger partial charge in [0, 0.05) is 0 Å². The molecule has 0 spiro atoms. The molecule has 0 aliphatic carbocycles. The Hall–Kier alpha value is -4.10. The molecule has 40 heavy (non-hydrogen) atoms. The smallest absolute Gasteiger partial charge is 0.206 e. The Labute approximate surface area is 233 Å². The first-order chi connectivity index (χ1) is 19.0. The highest BCUT2D eigenvalue weighted by atomic mass is 32.2. The van der Waals surface area contributed by atoms with E-state index in [-0.39, 0.29) is 42.6 Å². The number of phenolic OH excluding ortho intramolecular Hbond substituents is 2. The van der Waals surface area contributed by atoms with Gasteiger partial charge in [-0.25, -0.2) is 16.8 Å². The van der Waals surface area contributed by atoms with E-state index in [1.54, 1.807) is 0 Å². The molecule has 0 bridgehead atoms. The van der Waals surface area contributed by atoms with Crippen molar-refractivity contribution in [3.63, 3.8) is 0 Å². The zero-order chi connectivity index (χ0) is 29.2. The van der Waals surface area contributed by atoms with E-state index >= 15 is 0 Å². The minimum Gasteiger partial charge on any atom is -0.872 e. The molecule has 1 aliphatic rings. The van der Waals surface area contributed by atoms with Crippen LogP contribution in [0.4, 0.5) is 0 Å². The molecule has 6 N–H and O–H groups in total. The number of nitrogens with two attached hydrogens (primary N) is 2. The number of hydrogen-bond acceptors (Lipinski definition) is 8. The van der Waals surface area contributed by atoms with Crippen LogP contribution in [0.5, 0.6) is 23.0 Å². The monoisotopic (exact) mass is 586 g/mol. The summed E-state index contributed by atoms with van der Waals surface area (Å²) in [7, 11) is -7.24. The fourth-order valence-electron chi connectivity index (χ4n) is 3.52. The molecule has 12 heteroatoms. The number of phenols is 2. The lowest BCUT2D eigenvalue weighted by Crippen LogP contribution is -3.04. The van der Waals surface area contributed by atoms with E-state index in [4.69, 9.17) is 10.2 Å². The second-order valence-corrected chi connectivity index (χ2v) is 12.6. The van der Waals surface area contributed by atoms with Gasteiger partial charge in [-0.2, -0.15) is 0 Å². The first-order valence-corrected chi connectivity index (χ1v) is 15.2. The van der Waals surface area contributed by atoms with Crippen LogP contribution in [0.25, 0.3) is 0 Å². The molecule has 0 amide bonds. The second-order valence-electron chi connectivity index (χ2n) is 8.67. The molecule has 4 aromatic rings. The fraction of sp³-hybridized carbons (Fsp3) is 0.143. The molecular weight excluding hydrogens is 556 g/mol. The predicted octanol–water partition coefficient (Wildman–Crippen LogP) is -0.276. The van der Waals surface area contributed by atoms with Gasteiger partial charge in [0.25, 0.3) is 0 Å². The number of rotatable bonds is 4. The van der Waals surface area contributed by atoms with Gasteiger partial charge in [-0.3, -0.25) is 0 Å². The lowest BCUT2D eigenvalue weighted by atomic mass is 10.3. The lowest BCUT2D eigenvalue weighted by molar-refractivity contribution is -0.787. The second kappa shape index (κ2) is 13.8. The number of piperazine rings is 1. The van der Waals surface area contributed by atoms with E-state index in [1.165, 1.54) is 123 Å². The number of quaternary nitrogens is 2. The normalized spacial score (nSPS) is 13.2. The van der Waals surface area contributed by atoms with Crippen LogP contribution in [0.15, 0.2) is 117 Å². The number of benzene rings is 4. The van der Waals surface area contributed by atoms with Crippen molar-refractivity contribution in [3.05, 3.63) is 97.1 Å². The molecule has 0 unspecified atom stereocenters. The van der Waals surface area contributed by atoms with E-state index in [1.807, 2.05) is 0 Å². The molecule has 1 aliphatic heterocycles. The first kappa shape index (κ1) is 30.4. The fourth-order valence-corrected chi connectivity index (χ4v) is 6.04. The van der Waals surface area contributed by atoms with Crippen molar-refractivity contribution in [2.75, 3.05) is 26.2 Å². The Bertz CT molecular complexity index is 1340. The summed E-state index contributed by atoms with van der Waals surface area (Å²) in [4.78, 5) is 0.272. The summed E-state index contributed by atoms with van der Waals surface area (Å²) in [5, 5.41) is 44.7. The number of hydrogen-bond donors (Lipinski definition) is 4. The van der Waals surface area contributed by atoms with Crippen molar-refractivity contribution in [3.8, 4) is 23.0 Å². The van der Waals surface area contributed by atoms with Crippen LogP contribution in [-0.2, 0) is 19.7 Å². The van der Waals surface area contributed by atoms with Gasteiger partial charge < -0.3 is 31.1 Å². The Morgan fingerprint density at radius 3 is 0.900 bits per heavy atom. The standard InChI is InChI=1S/2C12H10O4S.C4H10N2/c2*13-9-1-5-11(6-2-9)17(15,16)12-7-3-10(14)4-8-12;1-2-6-4-3-5-1/h2*1-8,13-14H;5-6H,1-4H2. The van der Waals surface area contributed by atoms with Crippen molar-refractivity contribution >= 4 is 19.7 Å². The van der Waals surface area contributed by atoms with E-state index in [9.17, 15) is 27.0 Å². The van der Waals surface area contributed by atoms with Gasteiger partial charge in [0.05, 0.1) is 19.6 Å². The molecule has 0 aromatic heterocycles. The van der Waals surface area contributed by atoms with Gasteiger partial charge >= 0.3 is 0 Å². The molecule has 5 rings (SSSR count). The zero-order valence-electron chi connectivity index (χ0n) is 21.4. The molecule has 212 valence electrons. The maximum atomic E-state index is 12.1. The van der Waals surface area contributed by atoms with Gasteiger partial charge in [0.2, 0.25) is 19.7 Å². The van der Waals surface area contributed by atoms with Gasteiger partial charge in [-0.05, 0) is 72.8 Å². The summed E-state index contributed by atoms with van der Waals surface area (Å²) in [5.41, 5.74) is 0. The highest BCUT2D eigenvalue weighted by Gasteiger charge is 2.17. The molecule has 10 nitrogen and oxygen atoms in total. The zero-order valence-corrected chi connectivity index (χ0v) is 23.0. The van der Waals surface area contributed by atoms with Crippen LogP contribution in [0.3, 0.4) is 0 Å². The molecule has 0 saturated carbocycles. The first-order valence-electron chi connectivity index (χ1n) is 12.3. The average Bonchev–Trinajstić information content (AvgIpc) is 2.96. The lowest BCUT2D eigenvalue weighted by Gasteiger charge is -2.07. The highest BCUT2D eigenvalue weighted by molar-refractivity contribution is 7.91. The molecule has 0 atom stereocenters. The summed E-state index contributed by atoms with van der Waals surface area (Å²) >= 11 is 0. The SMILES string of the molecule is C1C[NH2+]CC[NH2+]1.O=S(=O)(c1ccc([O-])cc1)c1ccc(O)cc1.O=S(=O)(c1ccc([O-])cc1)c1ccc(O)cc1. The Balaban J connectivity index is 0.000000183. The highest BCUT2D eigenvalue weighted by Crippen LogP contribution is 2.24. The average molecular weight is 587 g/mol. The summed E-state index contributed by atoms with van der Waals surface area (Å²) in [6, 6.07) is 20.3. The van der Waals surface area contributed by atoms with Crippen LogP contribution in [-0.4, -0.2) is 53.2 Å². The summed E-state index contributed by atoms with van der Waals surface area (Å²) in [6.07, 6.45) is 0. The van der Waals surface area contributed by atoms with Crippen LogP contribution in [0.1, 0.15) is 0 Å². The Kier molecular flexibility index (Phi) is 10.5. The summed E-state index contributed by atoms with van der Waals surface area (Å²) in [6.45, 7) is 5.28. The maximum absolute atomic E-state index is 12.1. The van der Waals surface area contributed by atoms with Crippen molar-refractivity contribution < 1.29 is 47.9 Å². The van der Waals surface area contributed by atoms with Gasteiger partial charge in [-0.15, -0.1) is 11.5 Å². The molecule has 1 fully saturated rings. The molecule has 4 aromatic carbocycles. The number of aromatic hydroxyl groups is 2. The minimum atomic E-state index is -3.62. The molecular formula is C28H30N2O8S2. The predicted molar refractivity (Wildman–Crippen MR) is 142 cm³/mol. The third-order valence-electron chi connectivity index (χ3n) is 5.71. The van der Waals surface area contributed by atoms with Crippen molar-refractivity contribution in [2.45, 2.75) is 19.6 Å². The quantitative estimate of drug-likeness (QED) is 0.251. The van der Waals surface area contributed by atoms with Crippen LogP contribution in [0.2, 0.25) is 0 Å². The van der Waals surface area contributed by atoms with Crippen LogP contribution in [0, 0.1) is 0 Å². The molecule has 0 radical (unpaired) electrons. The van der Waals surface area contributed by atoms with Gasteiger partial charge in [-0.1, -0.05) is 24.3 Å². The maximum Gasteiger partial charge on any atom is 0.206 e. The van der Waals surface area contributed by atoms with Crippen molar-refractivity contribution in [2.24, 2.45) is 0 Å². The molecule has 1 saturated heterocycles. The summed E-state index contributed by atoms with van der Waals surface area (Å²) < 4.78 is 48.3. The van der Waals surface area contributed by atoms with E-state index in [0.29, 0.717) is 0 Å². The van der Waals surface area contributed by atoms with Gasteiger partial charge in [0.1, 0.15) is 37.7 Å². The Morgan fingerprint density at radius 2 is 0.675 bits per heavy atom. The van der Waals surface area contributed by atoms with E-state index in [2.05, 4.69) is 10.6 Å². The molecule has 1 heterocycles. The van der Waals surface area contributed by atoms with Crippen molar-refractivity contribution in [1.29, 1.82) is 0 Å². The van der Waals surface area contributed by atoms with Gasteiger partial charge in [0.15, 0.2) is 0 Å². The topological polar surface area (TPSA) is 188 Å². The van der Waals surface area contributed by atoms with Crippen LogP contribution >= 0.6 is 0 Å². The van der Waals surface area contributed by atoms with E-state index < -0.39 is 19.7 Å². The van der Waals surface area contributed by atoms with E-state index in [0.717, 1.165) is 0 Å².